The van der Waals surface area contributed by atoms with Crippen LogP contribution in [0.3, 0.4) is 0 Å². The van der Waals surface area contributed by atoms with Crippen molar-refractivity contribution < 1.29 is 14.3 Å². The van der Waals surface area contributed by atoms with Crippen LogP contribution in [-0.4, -0.2) is 19.1 Å². The predicted molar refractivity (Wildman–Crippen MR) is 101 cm³/mol. The van der Waals surface area contributed by atoms with Crippen LogP contribution >= 0.6 is 15.9 Å². The number of hydrogen-bond acceptors (Lipinski definition) is 3. The first-order valence-corrected chi connectivity index (χ1v) is 8.85. The number of hydrogen-bond donors (Lipinski definition) is 1. The molecule has 0 aromatic heterocycles. The minimum absolute atomic E-state index is 0.0511. The second-order valence-corrected chi connectivity index (χ2v) is 6.65. The van der Waals surface area contributed by atoms with Crippen molar-refractivity contribution in [3.05, 3.63) is 64.6 Å². The highest BCUT2D eigenvalue weighted by atomic mass is 79.9. The molecule has 4 rings (SSSR count). The molecule has 4 nitrogen and oxygen atoms in total. The maximum absolute atomic E-state index is 12.2. The maximum Gasteiger partial charge on any atom is 0.262 e. The van der Waals surface area contributed by atoms with Crippen LogP contribution in [0, 0.1) is 0 Å². The average molecular weight is 398 g/mol. The summed E-state index contributed by atoms with van der Waals surface area (Å²) in [4.78, 5) is 12.2. The fourth-order valence-electron chi connectivity index (χ4n) is 2.93. The lowest BCUT2D eigenvalue weighted by molar-refractivity contribution is -0.118. The standard InChI is InChI=1S/C20H16BrNO3/c21-20-16-4-2-1-3-13(16)5-7-18(20)25-12-19(23)22-15-6-8-17-14(11-15)9-10-24-17/h1-8,11H,9-10,12H2,(H,22,23). The van der Waals surface area contributed by atoms with E-state index >= 15 is 0 Å². The van der Waals surface area contributed by atoms with Crippen LogP contribution in [0.1, 0.15) is 5.56 Å². The van der Waals surface area contributed by atoms with E-state index in [-0.39, 0.29) is 12.5 Å². The number of halogens is 1. The number of rotatable bonds is 4. The van der Waals surface area contributed by atoms with E-state index in [1.807, 2.05) is 54.6 Å². The molecule has 3 aromatic carbocycles. The Morgan fingerprint density at radius 2 is 2.04 bits per heavy atom. The lowest BCUT2D eigenvalue weighted by Crippen LogP contribution is -2.20. The van der Waals surface area contributed by atoms with Gasteiger partial charge in [-0.1, -0.05) is 30.3 Å². The van der Waals surface area contributed by atoms with Crippen molar-refractivity contribution in [1.29, 1.82) is 0 Å². The highest BCUT2D eigenvalue weighted by Gasteiger charge is 2.13. The molecule has 0 fully saturated rings. The third-order valence-electron chi connectivity index (χ3n) is 4.16. The number of benzene rings is 3. The normalized spacial score (nSPS) is 12.5. The van der Waals surface area contributed by atoms with Gasteiger partial charge in [0.05, 0.1) is 11.1 Å². The van der Waals surface area contributed by atoms with Gasteiger partial charge in [0.2, 0.25) is 0 Å². The van der Waals surface area contributed by atoms with Gasteiger partial charge in [-0.2, -0.15) is 0 Å². The van der Waals surface area contributed by atoms with E-state index in [1.54, 1.807) is 0 Å². The van der Waals surface area contributed by atoms with Gasteiger partial charge in [-0.25, -0.2) is 0 Å². The Labute approximate surface area is 153 Å². The monoisotopic (exact) mass is 397 g/mol. The molecule has 0 aliphatic carbocycles. The fraction of sp³-hybridized carbons (Fsp3) is 0.150. The van der Waals surface area contributed by atoms with Crippen molar-refractivity contribution in [1.82, 2.24) is 0 Å². The summed E-state index contributed by atoms with van der Waals surface area (Å²) in [6, 6.07) is 17.5. The van der Waals surface area contributed by atoms with Crippen molar-refractivity contribution in [3.63, 3.8) is 0 Å². The van der Waals surface area contributed by atoms with Gasteiger partial charge < -0.3 is 14.8 Å². The summed E-state index contributed by atoms with van der Waals surface area (Å²) in [6.45, 7) is 0.649. The van der Waals surface area contributed by atoms with Crippen LogP contribution in [-0.2, 0) is 11.2 Å². The Hall–Kier alpha value is -2.53. The van der Waals surface area contributed by atoms with Crippen LogP contribution < -0.4 is 14.8 Å². The minimum atomic E-state index is -0.195. The molecule has 1 amide bonds. The molecular formula is C20H16BrNO3. The van der Waals surface area contributed by atoms with E-state index in [0.29, 0.717) is 12.4 Å². The Bertz CT molecular complexity index is 955. The van der Waals surface area contributed by atoms with Gasteiger partial charge in [0, 0.05) is 12.1 Å². The second-order valence-electron chi connectivity index (χ2n) is 5.86. The molecular weight excluding hydrogens is 382 g/mol. The van der Waals surface area contributed by atoms with Crippen LogP contribution in [0.5, 0.6) is 11.5 Å². The van der Waals surface area contributed by atoms with E-state index in [4.69, 9.17) is 9.47 Å². The zero-order valence-electron chi connectivity index (χ0n) is 13.4. The first kappa shape index (κ1) is 16.0. The molecule has 1 aliphatic heterocycles. The molecule has 126 valence electrons. The molecule has 0 bridgehead atoms. The second kappa shape index (κ2) is 6.76. The van der Waals surface area contributed by atoms with E-state index in [9.17, 15) is 4.79 Å². The van der Waals surface area contributed by atoms with Crippen LogP contribution in [0.4, 0.5) is 5.69 Å². The Kier molecular flexibility index (Phi) is 4.32. The lowest BCUT2D eigenvalue weighted by Gasteiger charge is -2.11. The van der Waals surface area contributed by atoms with Gasteiger partial charge in [0.15, 0.2) is 6.61 Å². The van der Waals surface area contributed by atoms with Gasteiger partial charge in [0.25, 0.3) is 5.91 Å². The Balaban J connectivity index is 1.43. The molecule has 0 radical (unpaired) electrons. The van der Waals surface area contributed by atoms with Crippen molar-refractivity contribution >= 4 is 38.3 Å². The summed E-state index contributed by atoms with van der Waals surface area (Å²) < 4.78 is 12.0. The topological polar surface area (TPSA) is 47.6 Å². The predicted octanol–water partition coefficient (Wildman–Crippen LogP) is 4.55. The van der Waals surface area contributed by atoms with E-state index in [2.05, 4.69) is 21.2 Å². The Morgan fingerprint density at radius 3 is 2.96 bits per heavy atom. The lowest BCUT2D eigenvalue weighted by atomic mass is 10.1. The molecule has 1 aliphatic rings. The molecule has 5 heteroatoms. The number of anilines is 1. The SMILES string of the molecule is O=C(COc1ccc2ccccc2c1Br)Nc1ccc2c(c1)CCO2. The van der Waals surface area contributed by atoms with Crippen molar-refractivity contribution in [3.8, 4) is 11.5 Å². The van der Waals surface area contributed by atoms with E-state index in [0.717, 1.165) is 38.7 Å². The molecule has 0 saturated carbocycles. The van der Waals surface area contributed by atoms with Gasteiger partial charge in [-0.05, 0) is 56.5 Å². The summed E-state index contributed by atoms with van der Waals surface area (Å²) in [5.41, 5.74) is 1.88. The minimum Gasteiger partial charge on any atom is -0.493 e. The van der Waals surface area contributed by atoms with Gasteiger partial charge in [-0.15, -0.1) is 0 Å². The molecule has 1 heterocycles. The van der Waals surface area contributed by atoms with Crippen molar-refractivity contribution in [2.45, 2.75) is 6.42 Å². The Morgan fingerprint density at radius 1 is 1.16 bits per heavy atom. The summed E-state index contributed by atoms with van der Waals surface area (Å²) in [6.07, 6.45) is 0.875. The third-order valence-corrected chi connectivity index (χ3v) is 4.98. The van der Waals surface area contributed by atoms with Gasteiger partial charge >= 0.3 is 0 Å². The highest BCUT2D eigenvalue weighted by molar-refractivity contribution is 9.10. The molecule has 1 N–H and O–H groups in total. The third kappa shape index (κ3) is 3.33. The number of nitrogens with one attached hydrogen (secondary N) is 1. The summed E-state index contributed by atoms with van der Waals surface area (Å²) >= 11 is 3.56. The summed E-state index contributed by atoms with van der Waals surface area (Å²) in [5, 5.41) is 5.04. The quantitative estimate of drug-likeness (QED) is 0.701. The molecule has 25 heavy (non-hydrogen) atoms. The van der Waals surface area contributed by atoms with Crippen molar-refractivity contribution in [2.24, 2.45) is 0 Å². The van der Waals surface area contributed by atoms with Crippen LogP contribution in [0.25, 0.3) is 10.8 Å². The van der Waals surface area contributed by atoms with Gasteiger partial charge in [-0.3, -0.25) is 4.79 Å². The largest absolute Gasteiger partial charge is 0.493 e. The molecule has 0 unspecified atom stereocenters. The molecule has 0 spiro atoms. The molecule has 3 aromatic rings. The summed E-state index contributed by atoms with van der Waals surface area (Å²) in [7, 11) is 0. The van der Waals surface area contributed by atoms with E-state index < -0.39 is 0 Å². The first-order valence-electron chi connectivity index (χ1n) is 8.06. The number of amides is 1. The van der Waals surface area contributed by atoms with E-state index in [1.165, 1.54) is 0 Å². The maximum atomic E-state index is 12.2. The zero-order chi connectivity index (χ0) is 17.2. The highest BCUT2D eigenvalue weighted by Crippen LogP contribution is 2.33. The van der Waals surface area contributed by atoms with Crippen LogP contribution in [0.2, 0.25) is 0 Å². The molecule has 0 atom stereocenters. The average Bonchev–Trinajstić information content (AvgIpc) is 3.09. The van der Waals surface area contributed by atoms with Gasteiger partial charge in [0.1, 0.15) is 11.5 Å². The summed E-state index contributed by atoms with van der Waals surface area (Å²) in [5.74, 6) is 1.35. The fourth-order valence-corrected chi connectivity index (χ4v) is 3.54. The number of carbonyl (C=O) groups excluding carboxylic acids is 1. The smallest absolute Gasteiger partial charge is 0.262 e. The number of ether oxygens (including phenoxy) is 2. The molecule has 0 saturated heterocycles. The number of fused-ring (bicyclic) bond motifs is 2. The first-order chi connectivity index (χ1) is 12.2. The zero-order valence-corrected chi connectivity index (χ0v) is 15.0. The number of carbonyl (C=O) groups is 1. The van der Waals surface area contributed by atoms with Crippen molar-refractivity contribution in [2.75, 3.05) is 18.5 Å². The van der Waals surface area contributed by atoms with Crippen LogP contribution in [0.15, 0.2) is 59.1 Å².